The molecule has 1 atom stereocenters. The molecule has 1 heterocycles. The van der Waals surface area contributed by atoms with Gasteiger partial charge in [-0.3, -0.25) is 25.0 Å². The van der Waals surface area contributed by atoms with Crippen molar-refractivity contribution in [3.8, 4) is 17.2 Å². The second kappa shape index (κ2) is 10.3. The van der Waals surface area contributed by atoms with E-state index in [9.17, 15) is 25.0 Å². The molecule has 0 radical (unpaired) electrons. The molecule has 186 valence electrons. The molecule has 36 heavy (non-hydrogen) atoms. The number of amides is 1. The summed E-state index contributed by atoms with van der Waals surface area (Å²) in [6.45, 7) is 0.388. The Kier molecular flexibility index (Phi) is 7.00. The fraction of sp³-hybridized carbons (Fsp3) is 0.240. The van der Waals surface area contributed by atoms with Gasteiger partial charge in [-0.2, -0.15) is 0 Å². The zero-order chi connectivity index (χ0) is 25.8. The first kappa shape index (κ1) is 24.5. The van der Waals surface area contributed by atoms with Crippen molar-refractivity contribution < 1.29 is 28.9 Å². The number of ether oxygens (including phenoxy) is 3. The molecule has 3 aromatic rings. The molecule has 11 heteroatoms. The molecule has 0 N–H and O–H groups in total. The number of non-ortho nitro benzene ring substituents is 2. The van der Waals surface area contributed by atoms with Crippen LogP contribution in [0.5, 0.6) is 17.2 Å². The van der Waals surface area contributed by atoms with E-state index in [1.807, 2.05) is 6.07 Å². The Labute approximate surface area is 206 Å². The van der Waals surface area contributed by atoms with Crippen LogP contribution < -0.4 is 14.2 Å². The van der Waals surface area contributed by atoms with Gasteiger partial charge in [0.25, 0.3) is 17.3 Å². The summed E-state index contributed by atoms with van der Waals surface area (Å²) in [6, 6.07) is 14.3. The number of carbonyl (C=O) groups is 1. The maximum atomic E-state index is 13.5. The molecule has 0 fully saturated rings. The first-order valence-corrected chi connectivity index (χ1v) is 11.0. The Morgan fingerprint density at radius 3 is 2.25 bits per heavy atom. The van der Waals surface area contributed by atoms with Crippen LogP contribution in [0.25, 0.3) is 0 Å². The zero-order valence-electron chi connectivity index (χ0n) is 19.6. The molecule has 0 bridgehead atoms. The highest BCUT2D eigenvalue weighted by atomic mass is 16.6. The lowest BCUT2D eigenvalue weighted by Gasteiger charge is -2.37. The van der Waals surface area contributed by atoms with Gasteiger partial charge in [-0.1, -0.05) is 6.07 Å². The van der Waals surface area contributed by atoms with E-state index >= 15 is 0 Å². The normalized spacial score (nSPS) is 14.5. The lowest BCUT2D eigenvalue weighted by atomic mass is 9.91. The Hall–Kier alpha value is -4.67. The fourth-order valence-electron chi connectivity index (χ4n) is 4.21. The quantitative estimate of drug-likeness (QED) is 0.334. The second-order valence-corrected chi connectivity index (χ2v) is 8.04. The lowest BCUT2D eigenvalue weighted by molar-refractivity contribution is -0.385. The van der Waals surface area contributed by atoms with Gasteiger partial charge in [0.15, 0.2) is 11.5 Å². The summed E-state index contributed by atoms with van der Waals surface area (Å²) < 4.78 is 16.8. The molecular weight excluding hydrogens is 470 g/mol. The molecule has 11 nitrogen and oxygen atoms in total. The molecular formula is C25H23N3O8. The maximum absolute atomic E-state index is 13.5. The van der Waals surface area contributed by atoms with Crippen molar-refractivity contribution in [3.63, 3.8) is 0 Å². The SMILES string of the molecule is COc1cc2c(cc1OC)C(COc1ccc([N+](=O)[O-])cc1)N(C(=O)c1cccc([N+](=O)[O-])c1)CC2. The van der Waals surface area contributed by atoms with E-state index in [-0.39, 0.29) is 29.5 Å². The van der Waals surface area contributed by atoms with Crippen LogP contribution >= 0.6 is 0 Å². The Bertz CT molecular complexity index is 1310. The minimum Gasteiger partial charge on any atom is -0.493 e. The van der Waals surface area contributed by atoms with Crippen LogP contribution in [0.15, 0.2) is 60.7 Å². The van der Waals surface area contributed by atoms with Gasteiger partial charge in [0.05, 0.1) is 30.1 Å². The average molecular weight is 493 g/mol. The summed E-state index contributed by atoms with van der Waals surface area (Å²) in [5, 5.41) is 22.2. The van der Waals surface area contributed by atoms with Crippen LogP contribution in [-0.4, -0.2) is 48.0 Å². The first-order valence-electron chi connectivity index (χ1n) is 11.0. The summed E-state index contributed by atoms with van der Waals surface area (Å²) in [6.07, 6.45) is 0.532. The first-order chi connectivity index (χ1) is 17.3. The van der Waals surface area contributed by atoms with E-state index in [0.29, 0.717) is 30.2 Å². The third kappa shape index (κ3) is 4.90. The monoisotopic (exact) mass is 493 g/mol. The maximum Gasteiger partial charge on any atom is 0.270 e. The van der Waals surface area contributed by atoms with Gasteiger partial charge in [0.2, 0.25) is 0 Å². The molecule has 3 aromatic carbocycles. The van der Waals surface area contributed by atoms with Gasteiger partial charge in [0, 0.05) is 36.4 Å². The number of carbonyl (C=O) groups excluding carboxylic acids is 1. The number of nitro benzene ring substituents is 2. The molecule has 4 rings (SSSR count). The van der Waals surface area contributed by atoms with Crippen LogP contribution in [0, 0.1) is 20.2 Å². The third-order valence-electron chi connectivity index (χ3n) is 6.02. The number of fused-ring (bicyclic) bond motifs is 1. The predicted octanol–water partition coefficient (Wildman–Crippen LogP) is 4.34. The topological polar surface area (TPSA) is 134 Å². The number of methoxy groups -OCH3 is 2. The van der Waals surface area contributed by atoms with Gasteiger partial charge in [-0.15, -0.1) is 0 Å². The van der Waals surface area contributed by atoms with Crippen LogP contribution in [-0.2, 0) is 6.42 Å². The Morgan fingerprint density at radius 2 is 1.61 bits per heavy atom. The van der Waals surface area contributed by atoms with Gasteiger partial charge < -0.3 is 19.1 Å². The second-order valence-electron chi connectivity index (χ2n) is 8.04. The Balaban J connectivity index is 1.69. The van der Waals surface area contributed by atoms with Crippen LogP contribution in [0.3, 0.4) is 0 Å². The molecule has 0 saturated heterocycles. The number of benzene rings is 3. The molecule has 1 unspecified atom stereocenters. The fourth-order valence-corrected chi connectivity index (χ4v) is 4.21. The molecule has 0 aromatic heterocycles. The summed E-state index contributed by atoms with van der Waals surface area (Å²) in [7, 11) is 3.06. The van der Waals surface area contributed by atoms with Crippen molar-refractivity contribution >= 4 is 17.3 Å². The van der Waals surface area contributed by atoms with Gasteiger partial charge >= 0.3 is 0 Å². The van der Waals surface area contributed by atoms with E-state index in [2.05, 4.69) is 0 Å². The third-order valence-corrected chi connectivity index (χ3v) is 6.02. The van der Waals surface area contributed by atoms with Gasteiger partial charge in [-0.25, -0.2) is 0 Å². The summed E-state index contributed by atoms with van der Waals surface area (Å²) in [5.41, 5.74) is 1.69. The van der Waals surface area contributed by atoms with Gasteiger partial charge in [-0.05, 0) is 47.9 Å². The van der Waals surface area contributed by atoms with Crippen molar-refractivity contribution in [2.45, 2.75) is 12.5 Å². The summed E-state index contributed by atoms with van der Waals surface area (Å²) in [4.78, 5) is 36.3. The highest BCUT2D eigenvalue weighted by molar-refractivity contribution is 5.95. The smallest absolute Gasteiger partial charge is 0.270 e. The van der Waals surface area contributed by atoms with Crippen molar-refractivity contribution in [3.05, 3.63) is 97.6 Å². The lowest BCUT2D eigenvalue weighted by Crippen LogP contribution is -2.42. The van der Waals surface area contributed by atoms with Gasteiger partial charge in [0.1, 0.15) is 12.4 Å². The number of nitrogens with zero attached hydrogens (tertiary/aromatic N) is 3. The average Bonchev–Trinajstić information content (AvgIpc) is 2.90. The largest absolute Gasteiger partial charge is 0.493 e. The number of hydrogen-bond acceptors (Lipinski definition) is 8. The van der Waals surface area contributed by atoms with Crippen molar-refractivity contribution in [1.82, 2.24) is 4.90 Å². The van der Waals surface area contributed by atoms with Crippen molar-refractivity contribution in [2.24, 2.45) is 0 Å². The molecule has 0 spiro atoms. The number of hydrogen-bond donors (Lipinski definition) is 0. The van der Waals surface area contributed by atoms with E-state index in [1.54, 1.807) is 18.1 Å². The van der Waals surface area contributed by atoms with E-state index in [4.69, 9.17) is 14.2 Å². The predicted molar refractivity (Wildman–Crippen MR) is 129 cm³/mol. The molecule has 1 amide bonds. The molecule has 0 saturated carbocycles. The summed E-state index contributed by atoms with van der Waals surface area (Å²) >= 11 is 0. The van der Waals surface area contributed by atoms with E-state index in [0.717, 1.165) is 11.1 Å². The van der Waals surface area contributed by atoms with Crippen LogP contribution in [0.2, 0.25) is 0 Å². The number of nitro groups is 2. The zero-order valence-corrected chi connectivity index (χ0v) is 19.6. The number of rotatable bonds is 8. The minimum atomic E-state index is -0.560. The minimum absolute atomic E-state index is 0.0426. The van der Waals surface area contributed by atoms with E-state index in [1.165, 1.54) is 55.6 Å². The van der Waals surface area contributed by atoms with Crippen LogP contribution in [0.1, 0.15) is 27.5 Å². The molecule has 1 aliphatic heterocycles. The summed E-state index contributed by atoms with van der Waals surface area (Å²) in [5.74, 6) is 1.07. The van der Waals surface area contributed by atoms with Crippen molar-refractivity contribution in [2.75, 3.05) is 27.4 Å². The molecule has 0 aliphatic carbocycles. The van der Waals surface area contributed by atoms with Crippen molar-refractivity contribution in [1.29, 1.82) is 0 Å². The van der Waals surface area contributed by atoms with E-state index < -0.39 is 15.9 Å². The standard InChI is InChI=1S/C25H23N3O8/c1-34-23-13-16-10-11-26(25(29)17-4-3-5-19(12-17)28(32)33)22(21(16)14-24(23)35-2)15-36-20-8-6-18(7-9-20)27(30)31/h3-9,12-14,22H,10-11,15H2,1-2H3. The van der Waals surface area contributed by atoms with Crippen LogP contribution in [0.4, 0.5) is 11.4 Å². The highest BCUT2D eigenvalue weighted by Gasteiger charge is 2.34. The molecule has 1 aliphatic rings. The highest BCUT2D eigenvalue weighted by Crippen LogP contribution is 2.39. The Morgan fingerprint density at radius 1 is 0.944 bits per heavy atom.